The molecular formula is C29H38NO5P. The van der Waals surface area contributed by atoms with Gasteiger partial charge < -0.3 is 14.4 Å². The van der Waals surface area contributed by atoms with Crippen molar-refractivity contribution in [3.8, 4) is 11.1 Å². The molecule has 0 radical (unpaired) electrons. The van der Waals surface area contributed by atoms with Gasteiger partial charge in [0.05, 0.1) is 32.0 Å². The number of hydrogen-bond donors (Lipinski definition) is 1. The zero-order chi connectivity index (χ0) is 25.4. The molecule has 0 aromatic heterocycles. The van der Waals surface area contributed by atoms with E-state index in [0.29, 0.717) is 38.8 Å². The first-order chi connectivity index (χ1) is 17.4. The number of hydrogen-bond acceptors (Lipinski definition) is 5. The van der Waals surface area contributed by atoms with Gasteiger partial charge in [-0.1, -0.05) is 66.7 Å². The SMILES string of the molecule is CP(=O)(O)CCC/C=C\C[C@H]1C(OCc2ccc(-c3ccccc3)cc2)CC(=O)C1N1CCOCC1. The molecule has 1 heterocycles. The minimum absolute atomic E-state index is 0.0885. The van der Waals surface area contributed by atoms with Crippen molar-refractivity contribution in [2.45, 2.75) is 44.4 Å². The number of Topliss-reactive ketones (excluding diaryl/α,β-unsaturated/α-hetero) is 1. The van der Waals surface area contributed by atoms with Crippen molar-refractivity contribution < 1.29 is 23.7 Å². The number of ketones is 1. The van der Waals surface area contributed by atoms with Gasteiger partial charge in [-0.3, -0.25) is 14.3 Å². The number of carbonyl (C=O) groups excluding carboxylic acids is 1. The number of carbonyl (C=O) groups is 1. The summed E-state index contributed by atoms with van der Waals surface area (Å²) in [5.74, 6) is 0.345. The summed E-state index contributed by atoms with van der Waals surface area (Å²) in [7, 11) is -2.96. The van der Waals surface area contributed by atoms with Gasteiger partial charge >= 0.3 is 0 Å². The number of allylic oxidation sites excluding steroid dienone is 2. The Hall–Kier alpha value is -2.08. The van der Waals surface area contributed by atoms with Crippen LogP contribution in [0.5, 0.6) is 0 Å². The van der Waals surface area contributed by atoms with E-state index in [-0.39, 0.29) is 23.8 Å². The zero-order valence-corrected chi connectivity index (χ0v) is 22.0. The Morgan fingerprint density at radius 1 is 1.06 bits per heavy atom. The molecule has 2 aliphatic rings. The van der Waals surface area contributed by atoms with Crippen molar-refractivity contribution in [2.24, 2.45) is 5.92 Å². The van der Waals surface area contributed by atoms with Crippen LogP contribution < -0.4 is 0 Å². The lowest BCUT2D eigenvalue weighted by Crippen LogP contribution is -2.49. The van der Waals surface area contributed by atoms with Crippen molar-refractivity contribution in [3.63, 3.8) is 0 Å². The van der Waals surface area contributed by atoms with Crippen LogP contribution in [0.1, 0.15) is 31.2 Å². The second-order valence-electron chi connectivity index (χ2n) is 9.96. The van der Waals surface area contributed by atoms with Crippen molar-refractivity contribution in [1.29, 1.82) is 0 Å². The van der Waals surface area contributed by atoms with Crippen LogP contribution in [-0.2, 0) is 25.4 Å². The van der Waals surface area contributed by atoms with Crippen molar-refractivity contribution >= 4 is 13.2 Å². The van der Waals surface area contributed by atoms with Gasteiger partial charge in [-0.2, -0.15) is 0 Å². The standard InChI is InChI=1S/C29H38NO5P/c1-36(32,33)20-8-3-2-7-11-26-28(21-27(31)29(26)30-16-18-34-19-17-30)35-22-23-12-14-25(15-13-23)24-9-5-4-6-10-24/h2,4-7,9-10,12-15,26,28-29H,3,8,11,16-22H2,1H3,(H,32,33)/b7-2-/t26-,28?,29?/m0/s1. The Kier molecular flexibility index (Phi) is 9.69. The molecule has 1 aliphatic heterocycles. The fourth-order valence-electron chi connectivity index (χ4n) is 5.21. The van der Waals surface area contributed by atoms with Crippen LogP contribution in [-0.4, -0.2) is 66.9 Å². The minimum Gasteiger partial charge on any atom is -0.379 e. The van der Waals surface area contributed by atoms with Crippen LogP contribution in [0.25, 0.3) is 11.1 Å². The number of unbranched alkanes of at least 4 members (excludes halogenated alkanes) is 1. The first-order valence-corrected chi connectivity index (χ1v) is 15.2. The maximum atomic E-state index is 13.1. The predicted molar refractivity (Wildman–Crippen MR) is 143 cm³/mol. The van der Waals surface area contributed by atoms with Crippen molar-refractivity contribution in [1.82, 2.24) is 4.90 Å². The molecule has 1 saturated carbocycles. The second-order valence-corrected chi connectivity index (χ2v) is 12.5. The van der Waals surface area contributed by atoms with E-state index in [9.17, 15) is 14.3 Å². The van der Waals surface area contributed by atoms with E-state index in [1.165, 1.54) is 17.8 Å². The minimum atomic E-state index is -2.96. The van der Waals surface area contributed by atoms with Gasteiger partial charge in [0.15, 0.2) is 13.2 Å². The van der Waals surface area contributed by atoms with E-state index >= 15 is 0 Å². The molecular weight excluding hydrogens is 473 g/mol. The number of rotatable bonds is 11. The smallest absolute Gasteiger partial charge is 0.197 e. The number of nitrogens with zero attached hydrogens (tertiary/aromatic N) is 1. The van der Waals surface area contributed by atoms with Gasteiger partial charge in [-0.15, -0.1) is 0 Å². The van der Waals surface area contributed by atoms with E-state index < -0.39 is 7.37 Å². The number of ether oxygens (including phenoxy) is 2. The molecule has 2 aromatic carbocycles. The quantitative estimate of drug-likeness (QED) is 0.255. The molecule has 3 unspecified atom stereocenters. The highest BCUT2D eigenvalue weighted by Gasteiger charge is 2.45. The average molecular weight is 512 g/mol. The zero-order valence-electron chi connectivity index (χ0n) is 21.1. The van der Waals surface area contributed by atoms with Crippen molar-refractivity contribution in [3.05, 3.63) is 72.3 Å². The van der Waals surface area contributed by atoms with Crippen molar-refractivity contribution in [2.75, 3.05) is 39.1 Å². The summed E-state index contributed by atoms with van der Waals surface area (Å²) in [6.45, 7) is 4.74. The van der Waals surface area contributed by atoms with Gasteiger partial charge in [0.1, 0.15) is 0 Å². The third-order valence-electron chi connectivity index (χ3n) is 7.10. The molecule has 36 heavy (non-hydrogen) atoms. The monoisotopic (exact) mass is 511 g/mol. The van der Waals surface area contributed by atoms with Crippen LogP contribution in [0.2, 0.25) is 0 Å². The summed E-state index contributed by atoms with van der Waals surface area (Å²) in [6, 6.07) is 18.6. The second kappa shape index (κ2) is 12.9. The summed E-state index contributed by atoms with van der Waals surface area (Å²) < 4.78 is 23.4. The fourth-order valence-corrected chi connectivity index (χ4v) is 5.98. The lowest BCUT2D eigenvalue weighted by Gasteiger charge is -2.35. The first-order valence-electron chi connectivity index (χ1n) is 13.0. The van der Waals surface area contributed by atoms with Crippen LogP contribution in [0, 0.1) is 5.92 Å². The maximum absolute atomic E-state index is 13.1. The summed E-state index contributed by atoms with van der Waals surface area (Å²) in [4.78, 5) is 24.9. The van der Waals surface area contributed by atoms with Crippen LogP contribution in [0.3, 0.4) is 0 Å². The first kappa shape index (κ1) is 27.0. The normalized spacial score (nSPS) is 24.8. The highest BCUT2D eigenvalue weighted by molar-refractivity contribution is 7.57. The van der Waals surface area contributed by atoms with E-state index in [0.717, 1.165) is 31.5 Å². The Morgan fingerprint density at radius 2 is 1.75 bits per heavy atom. The Bertz CT molecular complexity index is 1040. The highest BCUT2D eigenvalue weighted by Crippen LogP contribution is 2.36. The maximum Gasteiger partial charge on any atom is 0.197 e. The third-order valence-corrected chi connectivity index (χ3v) is 8.24. The molecule has 2 fully saturated rings. The molecule has 194 valence electrons. The summed E-state index contributed by atoms with van der Waals surface area (Å²) in [5.41, 5.74) is 3.46. The molecule has 1 aliphatic carbocycles. The molecule has 1 saturated heterocycles. The van der Waals surface area contributed by atoms with E-state index in [1.807, 2.05) is 18.2 Å². The lowest BCUT2D eigenvalue weighted by atomic mass is 9.95. The Balaban J connectivity index is 1.38. The molecule has 4 atom stereocenters. The average Bonchev–Trinajstić information content (AvgIpc) is 3.20. The number of benzene rings is 2. The molecule has 4 rings (SSSR count). The van der Waals surface area contributed by atoms with E-state index in [4.69, 9.17) is 9.47 Å². The molecule has 6 nitrogen and oxygen atoms in total. The summed E-state index contributed by atoms with van der Waals surface area (Å²) in [6.07, 6.45) is 7.06. The number of morpholine rings is 1. The topological polar surface area (TPSA) is 76.1 Å². The highest BCUT2D eigenvalue weighted by atomic mass is 31.2. The van der Waals surface area contributed by atoms with Gasteiger partial charge in [-0.25, -0.2) is 0 Å². The summed E-state index contributed by atoms with van der Waals surface area (Å²) >= 11 is 0. The molecule has 0 bridgehead atoms. The Labute approximate surface area is 214 Å². The molecule has 0 amide bonds. The van der Waals surface area contributed by atoms with Crippen LogP contribution in [0.15, 0.2) is 66.7 Å². The molecule has 2 aromatic rings. The molecule has 0 spiro atoms. The van der Waals surface area contributed by atoms with E-state index in [2.05, 4.69) is 53.5 Å². The molecule has 7 heteroatoms. The van der Waals surface area contributed by atoms with Gasteiger partial charge in [0.2, 0.25) is 0 Å². The van der Waals surface area contributed by atoms with Crippen LogP contribution >= 0.6 is 7.37 Å². The molecule has 1 N–H and O–H groups in total. The van der Waals surface area contributed by atoms with Gasteiger partial charge in [0, 0.05) is 38.3 Å². The van der Waals surface area contributed by atoms with Gasteiger partial charge in [-0.05, 0) is 36.0 Å². The van der Waals surface area contributed by atoms with Crippen LogP contribution in [0.4, 0.5) is 0 Å². The van der Waals surface area contributed by atoms with Gasteiger partial charge in [0.25, 0.3) is 0 Å². The summed E-state index contributed by atoms with van der Waals surface area (Å²) in [5, 5.41) is 0. The predicted octanol–water partition coefficient (Wildman–Crippen LogP) is 5.16. The third kappa shape index (κ3) is 7.71. The van der Waals surface area contributed by atoms with E-state index in [1.54, 1.807) is 0 Å². The lowest BCUT2D eigenvalue weighted by molar-refractivity contribution is -0.124. The Morgan fingerprint density at radius 3 is 2.44 bits per heavy atom. The largest absolute Gasteiger partial charge is 0.379 e. The fraction of sp³-hybridized carbons (Fsp3) is 0.483.